The summed E-state index contributed by atoms with van der Waals surface area (Å²) in [7, 11) is 0. The Kier molecular flexibility index (Phi) is 4.78. The molecule has 0 aliphatic rings. The average molecular weight is 274 g/mol. The third-order valence-corrected chi connectivity index (χ3v) is 2.69. The molecule has 0 aliphatic carbocycles. The standard InChI is InChI=1S/C13H18N6O/c1-10(14)7-8-15-12(20)9-19-17-13(16-18-19)11-5-3-2-4-6-11/h2-6,10H,7-9,14H2,1H3,(H,15,20). The van der Waals surface area contributed by atoms with Crippen LogP contribution >= 0.6 is 0 Å². The number of hydrogen-bond donors (Lipinski definition) is 2. The van der Waals surface area contributed by atoms with Gasteiger partial charge in [0.25, 0.3) is 0 Å². The van der Waals surface area contributed by atoms with Gasteiger partial charge in [-0.1, -0.05) is 30.3 Å². The number of amides is 1. The van der Waals surface area contributed by atoms with Gasteiger partial charge in [-0.2, -0.15) is 4.80 Å². The molecule has 1 unspecified atom stereocenters. The van der Waals surface area contributed by atoms with Gasteiger partial charge >= 0.3 is 0 Å². The van der Waals surface area contributed by atoms with Crippen molar-refractivity contribution in [3.05, 3.63) is 30.3 Å². The lowest BCUT2D eigenvalue weighted by Crippen LogP contribution is -2.32. The Morgan fingerprint density at radius 2 is 2.15 bits per heavy atom. The van der Waals surface area contributed by atoms with Crippen molar-refractivity contribution < 1.29 is 4.79 Å². The number of nitrogens with two attached hydrogens (primary N) is 1. The first-order valence-corrected chi connectivity index (χ1v) is 6.50. The summed E-state index contributed by atoms with van der Waals surface area (Å²) < 4.78 is 0. The molecule has 2 aromatic rings. The Bertz CT molecular complexity index is 551. The van der Waals surface area contributed by atoms with Crippen molar-refractivity contribution in [1.82, 2.24) is 25.5 Å². The summed E-state index contributed by atoms with van der Waals surface area (Å²) in [5.41, 5.74) is 6.48. The monoisotopic (exact) mass is 274 g/mol. The van der Waals surface area contributed by atoms with Crippen LogP contribution in [-0.2, 0) is 11.3 Å². The minimum absolute atomic E-state index is 0.0544. The van der Waals surface area contributed by atoms with Crippen LogP contribution in [0.5, 0.6) is 0 Å². The molecule has 106 valence electrons. The Labute approximate surface area is 117 Å². The zero-order chi connectivity index (χ0) is 14.4. The molecule has 20 heavy (non-hydrogen) atoms. The SMILES string of the molecule is CC(N)CCNC(=O)Cn1nnc(-c2ccccc2)n1. The molecule has 0 spiro atoms. The predicted octanol–water partition coefficient (Wildman–Crippen LogP) is 0.194. The highest BCUT2D eigenvalue weighted by Gasteiger charge is 2.08. The lowest BCUT2D eigenvalue weighted by atomic mass is 10.2. The van der Waals surface area contributed by atoms with Crippen LogP contribution in [0.4, 0.5) is 0 Å². The number of nitrogens with zero attached hydrogens (tertiary/aromatic N) is 4. The van der Waals surface area contributed by atoms with Gasteiger partial charge in [-0.3, -0.25) is 4.79 Å². The Balaban J connectivity index is 1.88. The molecule has 1 atom stereocenters. The number of carbonyl (C=O) groups is 1. The summed E-state index contributed by atoms with van der Waals surface area (Å²) in [5, 5.41) is 14.7. The fourth-order valence-corrected chi connectivity index (χ4v) is 1.64. The second-order valence-electron chi connectivity index (χ2n) is 4.63. The van der Waals surface area contributed by atoms with Gasteiger partial charge < -0.3 is 11.1 Å². The van der Waals surface area contributed by atoms with Crippen LogP contribution in [0, 0.1) is 0 Å². The first kappa shape index (κ1) is 14.1. The molecule has 1 amide bonds. The summed E-state index contributed by atoms with van der Waals surface area (Å²) in [6.07, 6.45) is 0.742. The van der Waals surface area contributed by atoms with E-state index in [4.69, 9.17) is 5.73 Å². The van der Waals surface area contributed by atoms with E-state index in [0.717, 1.165) is 12.0 Å². The van der Waals surface area contributed by atoms with Crippen molar-refractivity contribution in [2.45, 2.75) is 25.9 Å². The van der Waals surface area contributed by atoms with Gasteiger partial charge in [0.15, 0.2) is 0 Å². The van der Waals surface area contributed by atoms with E-state index in [2.05, 4.69) is 20.7 Å². The van der Waals surface area contributed by atoms with Crippen molar-refractivity contribution in [1.29, 1.82) is 0 Å². The zero-order valence-corrected chi connectivity index (χ0v) is 11.4. The van der Waals surface area contributed by atoms with Crippen molar-refractivity contribution in [2.75, 3.05) is 6.54 Å². The lowest BCUT2D eigenvalue weighted by Gasteiger charge is -2.06. The summed E-state index contributed by atoms with van der Waals surface area (Å²) in [5.74, 6) is 0.358. The minimum Gasteiger partial charge on any atom is -0.354 e. The highest BCUT2D eigenvalue weighted by atomic mass is 16.2. The maximum absolute atomic E-state index is 11.7. The van der Waals surface area contributed by atoms with Crippen LogP contribution in [0.3, 0.4) is 0 Å². The number of hydrogen-bond acceptors (Lipinski definition) is 5. The van der Waals surface area contributed by atoms with E-state index in [1.54, 1.807) is 0 Å². The normalized spacial score (nSPS) is 12.1. The second kappa shape index (κ2) is 6.76. The number of aromatic nitrogens is 4. The molecule has 1 heterocycles. The van der Waals surface area contributed by atoms with Crippen molar-refractivity contribution in [3.63, 3.8) is 0 Å². The van der Waals surface area contributed by atoms with Gasteiger partial charge in [-0.15, -0.1) is 10.2 Å². The molecule has 2 rings (SSSR count). The molecule has 0 aliphatic heterocycles. The fraction of sp³-hybridized carbons (Fsp3) is 0.385. The third kappa shape index (κ3) is 4.13. The Hall–Kier alpha value is -2.28. The van der Waals surface area contributed by atoms with Crippen LogP contribution in [0.15, 0.2) is 30.3 Å². The number of benzene rings is 1. The molecular formula is C13H18N6O. The summed E-state index contributed by atoms with van der Waals surface area (Å²) in [4.78, 5) is 12.9. The van der Waals surface area contributed by atoms with Gasteiger partial charge in [-0.25, -0.2) is 0 Å². The number of tetrazole rings is 1. The van der Waals surface area contributed by atoms with Crippen molar-refractivity contribution in [2.24, 2.45) is 5.73 Å². The van der Waals surface area contributed by atoms with Crippen LogP contribution in [0.25, 0.3) is 11.4 Å². The highest BCUT2D eigenvalue weighted by molar-refractivity contribution is 5.75. The molecule has 7 nitrogen and oxygen atoms in total. The number of carbonyl (C=O) groups excluding carboxylic acids is 1. The first-order valence-electron chi connectivity index (χ1n) is 6.50. The van der Waals surface area contributed by atoms with Crippen LogP contribution in [0.1, 0.15) is 13.3 Å². The van der Waals surface area contributed by atoms with Gasteiger partial charge in [0, 0.05) is 18.2 Å². The molecule has 0 fully saturated rings. The topological polar surface area (TPSA) is 98.7 Å². The number of rotatable bonds is 6. The molecule has 7 heteroatoms. The Morgan fingerprint density at radius 1 is 1.40 bits per heavy atom. The van der Waals surface area contributed by atoms with E-state index in [-0.39, 0.29) is 18.5 Å². The van der Waals surface area contributed by atoms with Crippen LogP contribution in [0.2, 0.25) is 0 Å². The maximum Gasteiger partial charge on any atom is 0.243 e. The van der Waals surface area contributed by atoms with E-state index in [1.807, 2.05) is 37.3 Å². The minimum atomic E-state index is -0.150. The van der Waals surface area contributed by atoms with Crippen molar-refractivity contribution in [3.8, 4) is 11.4 Å². The fourth-order valence-electron chi connectivity index (χ4n) is 1.64. The average Bonchev–Trinajstić information content (AvgIpc) is 2.88. The summed E-state index contributed by atoms with van der Waals surface area (Å²) in [6, 6.07) is 9.57. The molecule has 0 saturated heterocycles. The van der Waals surface area contributed by atoms with E-state index in [0.29, 0.717) is 12.4 Å². The maximum atomic E-state index is 11.7. The first-order chi connectivity index (χ1) is 9.65. The Morgan fingerprint density at radius 3 is 2.85 bits per heavy atom. The quantitative estimate of drug-likeness (QED) is 0.783. The smallest absolute Gasteiger partial charge is 0.243 e. The molecular weight excluding hydrogens is 256 g/mol. The van der Waals surface area contributed by atoms with Gasteiger partial charge in [-0.05, 0) is 18.6 Å². The summed E-state index contributed by atoms with van der Waals surface area (Å²) >= 11 is 0. The van der Waals surface area contributed by atoms with Crippen LogP contribution < -0.4 is 11.1 Å². The van der Waals surface area contributed by atoms with E-state index >= 15 is 0 Å². The third-order valence-electron chi connectivity index (χ3n) is 2.69. The zero-order valence-electron chi connectivity index (χ0n) is 11.4. The van der Waals surface area contributed by atoms with Gasteiger partial charge in [0.05, 0.1) is 0 Å². The van der Waals surface area contributed by atoms with E-state index < -0.39 is 0 Å². The largest absolute Gasteiger partial charge is 0.354 e. The van der Waals surface area contributed by atoms with Gasteiger partial charge in [0.2, 0.25) is 11.7 Å². The number of nitrogens with one attached hydrogen (secondary N) is 1. The predicted molar refractivity (Wildman–Crippen MR) is 74.5 cm³/mol. The molecule has 0 bridgehead atoms. The van der Waals surface area contributed by atoms with Crippen molar-refractivity contribution >= 4 is 5.91 Å². The van der Waals surface area contributed by atoms with E-state index in [9.17, 15) is 4.79 Å². The second-order valence-corrected chi connectivity index (χ2v) is 4.63. The molecule has 0 radical (unpaired) electrons. The molecule has 1 aromatic carbocycles. The van der Waals surface area contributed by atoms with E-state index in [1.165, 1.54) is 4.80 Å². The molecule has 1 aromatic heterocycles. The molecule has 3 N–H and O–H groups in total. The highest BCUT2D eigenvalue weighted by Crippen LogP contribution is 2.11. The van der Waals surface area contributed by atoms with Crippen LogP contribution in [-0.4, -0.2) is 38.7 Å². The van der Waals surface area contributed by atoms with Gasteiger partial charge in [0.1, 0.15) is 6.54 Å². The lowest BCUT2D eigenvalue weighted by molar-refractivity contribution is -0.122. The summed E-state index contributed by atoms with van der Waals surface area (Å²) in [6.45, 7) is 2.51. The molecule has 0 saturated carbocycles.